The van der Waals surface area contributed by atoms with Gasteiger partial charge in [-0.1, -0.05) is 13.8 Å². The first kappa shape index (κ1) is 12.0. The molecule has 0 aliphatic heterocycles. The molecule has 0 saturated carbocycles. The van der Waals surface area contributed by atoms with Crippen LogP contribution in [0.5, 0.6) is 0 Å². The summed E-state index contributed by atoms with van der Waals surface area (Å²) in [7, 11) is 0. The molecule has 1 heterocycles. The Morgan fingerprint density at radius 2 is 2.12 bits per heavy atom. The Labute approximate surface area is 99.5 Å². The van der Waals surface area contributed by atoms with Crippen LogP contribution >= 0.6 is 0 Å². The van der Waals surface area contributed by atoms with Crippen LogP contribution in [0.2, 0.25) is 0 Å². The number of nitrogens with zero attached hydrogens (tertiary/aromatic N) is 2. The Morgan fingerprint density at radius 3 is 2.71 bits per heavy atom. The number of fused-ring (bicyclic) bond motifs is 1. The molecule has 1 aliphatic carbocycles. The van der Waals surface area contributed by atoms with Crippen molar-refractivity contribution in [3.8, 4) is 0 Å². The van der Waals surface area contributed by atoms with Crippen molar-refractivity contribution in [3.05, 3.63) is 22.8 Å². The van der Waals surface area contributed by atoms with E-state index < -0.39 is 12.1 Å². The molecular weight excluding hydrogens is 220 g/mol. The molecule has 0 bridgehead atoms. The van der Waals surface area contributed by atoms with E-state index in [0.29, 0.717) is 23.5 Å². The van der Waals surface area contributed by atoms with Crippen LogP contribution in [0.15, 0.2) is 0 Å². The highest BCUT2D eigenvalue weighted by Gasteiger charge is 2.28. The SMILES string of the molecule is CC(C)c1nc2c(c(C(=O)O)n1)C(O)CCC2. The molecule has 1 aromatic heterocycles. The summed E-state index contributed by atoms with van der Waals surface area (Å²) in [5.41, 5.74) is 1.07. The number of rotatable bonds is 2. The van der Waals surface area contributed by atoms with Gasteiger partial charge in [-0.25, -0.2) is 14.8 Å². The maximum absolute atomic E-state index is 11.2. The number of carbonyl (C=O) groups is 1. The highest BCUT2D eigenvalue weighted by Crippen LogP contribution is 2.31. The fourth-order valence-corrected chi connectivity index (χ4v) is 2.10. The number of aromatic carboxylic acids is 1. The van der Waals surface area contributed by atoms with Gasteiger partial charge < -0.3 is 10.2 Å². The van der Waals surface area contributed by atoms with Crippen LogP contribution in [-0.2, 0) is 6.42 Å². The zero-order valence-electron chi connectivity index (χ0n) is 9.97. The molecule has 1 aromatic rings. The number of aromatic nitrogens is 2. The zero-order valence-corrected chi connectivity index (χ0v) is 9.97. The van der Waals surface area contributed by atoms with E-state index in [2.05, 4.69) is 9.97 Å². The lowest BCUT2D eigenvalue weighted by atomic mass is 9.91. The van der Waals surface area contributed by atoms with Crippen LogP contribution < -0.4 is 0 Å². The normalized spacial score (nSPS) is 19.2. The van der Waals surface area contributed by atoms with Crippen molar-refractivity contribution in [1.82, 2.24) is 9.97 Å². The van der Waals surface area contributed by atoms with Crippen molar-refractivity contribution in [2.24, 2.45) is 0 Å². The van der Waals surface area contributed by atoms with Gasteiger partial charge in [0.1, 0.15) is 5.82 Å². The number of hydrogen-bond acceptors (Lipinski definition) is 4. The molecule has 0 fully saturated rings. The molecule has 0 saturated heterocycles. The molecule has 5 heteroatoms. The van der Waals surface area contributed by atoms with Gasteiger partial charge in [0.15, 0.2) is 5.69 Å². The first-order valence-electron chi connectivity index (χ1n) is 5.82. The average Bonchev–Trinajstić information content (AvgIpc) is 2.27. The van der Waals surface area contributed by atoms with E-state index in [-0.39, 0.29) is 11.6 Å². The molecule has 92 valence electrons. The highest BCUT2D eigenvalue weighted by molar-refractivity contribution is 5.87. The Hall–Kier alpha value is -1.49. The third-order valence-corrected chi connectivity index (χ3v) is 2.99. The lowest BCUT2D eigenvalue weighted by Crippen LogP contribution is -2.20. The lowest BCUT2D eigenvalue weighted by molar-refractivity contribution is 0.0677. The number of aliphatic hydroxyl groups is 1. The van der Waals surface area contributed by atoms with Crippen molar-refractivity contribution < 1.29 is 15.0 Å². The molecule has 0 spiro atoms. The summed E-state index contributed by atoms with van der Waals surface area (Å²) in [6.07, 6.45) is 1.39. The summed E-state index contributed by atoms with van der Waals surface area (Å²) in [5.74, 6) is -0.473. The van der Waals surface area contributed by atoms with Crippen LogP contribution in [0.25, 0.3) is 0 Å². The second-order valence-electron chi connectivity index (χ2n) is 4.66. The first-order chi connectivity index (χ1) is 8.00. The van der Waals surface area contributed by atoms with E-state index in [4.69, 9.17) is 5.11 Å². The number of carboxylic acid groups (broad SMARTS) is 1. The molecule has 1 unspecified atom stereocenters. The fourth-order valence-electron chi connectivity index (χ4n) is 2.10. The topological polar surface area (TPSA) is 83.3 Å². The maximum atomic E-state index is 11.2. The zero-order chi connectivity index (χ0) is 12.6. The van der Waals surface area contributed by atoms with Gasteiger partial charge in [0.2, 0.25) is 0 Å². The summed E-state index contributed by atoms with van der Waals surface area (Å²) in [6.45, 7) is 3.85. The minimum Gasteiger partial charge on any atom is -0.476 e. The monoisotopic (exact) mass is 236 g/mol. The molecule has 2 rings (SSSR count). The summed E-state index contributed by atoms with van der Waals surface area (Å²) in [4.78, 5) is 19.6. The number of hydrogen-bond donors (Lipinski definition) is 2. The van der Waals surface area contributed by atoms with Crippen molar-refractivity contribution in [2.45, 2.75) is 45.1 Å². The van der Waals surface area contributed by atoms with Crippen LogP contribution in [0.1, 0.15) is 66.3 Å². The van der Waals surface area contributed by atoms with Crippen molar-refractivity contribution in [1.29, 1.82) is 0 Å². The van der Waals surface area contributed by atoms with E-state index in [1.165, 1.54) is 0 Å². The Kier molecular flexibility index (Phi) is 3.11. The number of carboxylic acids is 1. The smallest absolute Gasteiger partial charge is 0.355 e. The van der Waals surface area contributed by atoms with Gasteiger partial charge in [-0.2, -0.15) is 0 Å². The second kappa shape index (κ2) is 4.41. The third kappa shape index (κ3) is 2.15. The minimum atomic E-state index is -1.09. The minimum absolute atomic E-state index is 0.0362. The Bertz CT molecular complexity index is 457. The standard InChI is InChI=1S/C12H16N2O3/c1-6(2)11-13-7-4-3-5-8(15)9(7)10(14-11)12(16)17/h6,8,15H,3-5H2,1-2H3,(H,16,17). The molecule has 17 heavy (non-hydrogen) atoms. The van der Waals surface area contributed by atoms with Crippen molar-refractivity contribution >= 4 is 5.97 Å². The number of aryl methyl sites for hydroxylation is 1. The Balaban J connectivity index is 2.62. The van der Waals surface area contributed by atoms with E-state index in [0.717, 1.165) is 12.8 Å². The highest BCUT2D eigenvalue weighted by atomic mass is 16.4. The van der Waals surface area contributed by atoms with Gasteiger partial charge in [-0.15, -0.1) is 0 Å². The molecule has 0 radical (unpaired) electrons. The largest absolute Gasteiger partial charge is 0.476 e. The van der Waals surface area contributed by atoms with Crippen molar-refractivity contribution in [3.63, 3.8) is 0 Å². The van der Waals surface area contributed by atoms with Gasteiger partial charge in [0.05, 0.1) is 11.8 Å². The summed E-state index contributed by atoms with van der Waals surface area (Å²) in [5, 5.41) is 19.0. The fraction of sp³-hybridized carbons (Fsp3) is 0.583. The van der Waals surface area contributed by atoms with Gasteiger partial charge >= 0.3 is 5.97 Å². The molecule has 0 aromatic carbocycles. The predicted octanol–water partition coefficient (Wildman–Crippen LogP) is 1.67. The van der Waals surface area contributed by atoms with E-state index in [1.54, 1.807) is 0 Å². The summed E-state index contributed by atoms with van der Waals surface area (Å²) < 4.78 is 0. The summed E-state index contributed by atoms with van der Waals surface area (Å²) >= 11 is 0. The van der Waals surface area contributed by atoms with Crippen LogP contribution in [0.4, 0.5) is 0 Å². The van der Waals surface area contributed by atoms with E-state index in [1.807, 2.05) is 13.8 Å². The molecule has 5 nitrogen and oxygen atoms in total. The van der Waals surface area contributed by atoms with Crippen LogP contribution in [-0.4, -0.2) is 26.2 Å². The predicted molar refractivity (Wildman–Crippen MR) is 61.0 cm³/mol. The van der Waals surface area contributed by atoms with Gasteiger partial charge in [-0.05, 0) is 19.3 Å². The first-order valence-corrected chi connectivity index (χ1v) is 5.82. The second-order valence-corrected chi connectivity index (χ2v) is 4.66. The van der Waals surface area contributed by atoms with E-state index in [9.17, 15) is 9.90 Å². The lowest BCUT2D eigenvalue weighted by Gasteiger charge is -2.22. The molecule has 2 N–H and O–H groups in total. The quantitative estimate of drug-likeness (QED) is 0.816. The van der Waals surface area contributed by atoms with Gasteiger partial charge in [0.25, 0.3) is 0 Å². The molecular formula is C12H16N2O3. The Morgan fingerprint density at radius 1 is 1.41 bits per heavy atom. The van der Waals surface area contributed by atoms with Crippen LogP contribution in [0.3, 0.4) is 0 Å². The van der Waals surface area contributed by atoms with Gasteiger partial charge in [0, 0.05) is 11.5 Å². The van der Waals surface area contributed by atoms with Gasteiger partial charge in [-0.3, -0.25) is 0 Å². The summed E-state index contributed by atoms with van der Waals surface area (Å²) in [6, 6.07) is 0. The maximum Gasteiger partial charge on any atom is 0.355 e. The molecule has 1 aliphatic rings. The third-order valence-electron chi connectivity index (χ3n) is 2.99. The molecule has 1 atom stereocenters. The van der Waals surface area contributed by atoms with Crippen molar-refractivity contribution in [2.75, 3.05) is 0 Å². The average molecular weight is 236 g/mol. The van der Waals surface area contributed by atoms with E-state index >= 15 is 0 Å². The molecule has 0 amide bonds. The van der Waals surface area contributed by atoms with Crippen LogP contribution in [0, 0.1) is 0 Å². The number of aliphatic hydroxyl groups excluding tert-OH is 1.